The van der Waals surface area contributed by atoms with Gasteiger partial charge in [-0.05, 0) is 0 Å². The molecule has 0 amide bonds. The Morgan fingerprint density at radius 3 is 0.857 bits per heavy atom. The highest BCUT2D eigenvalue weighted by atomic mass is 28.5. The van der Waals surface area contributed by atoms with E-state index in [9.17, 15) is 0 Å². The molecule has 0 aliphatic rings. The lowest BCUT2D eigenvalue weighted by Gasteiger charge is -2.45. The minimum absolute atomic E-state index is 0.173. The third-order valence-corrected chi connectivity index (χ3v) is 21.6. The maximum absolute atomic E-state index is 5.67. The van der Waals surface area contributed by atoms with Crippen LogP contribution in [0, 0.1) is 0 Å². The maximum atomic E-state index is 5.67. The molecule has 0 aromatic heterocycles. The van der Waals surface area contributed by atoms with Crippen LogP contribution in [0.3, 0.4) is 0 Å². The predicted octanol–water partition coefficient (Wildman–Crippen LogP) is 2.31. The molecule has 0 bridgehead atoms. The van der Waals surface area contributed by atoms with Crippen molar-refractivity contribution in [1.82, 2.24) is 0 Å². The Labute approximate surface area is 132 Å². The fraction of sp³-hybridized carbons (Fsp3) is 1.00. The summed E-state index contributed by atoms with van der Waals surface area (Å²) >= 11 is 0. The fourth-order valence-electron chi connectivity index (χ4n) is 2.85. The average Bonchev–Trinajstić information content (AvgIpc) is 2.51. The van der Waals surface area contributed by atoms with Crippen LogP contribution in [0.15, 0.2) is 0 Å². The summed E-state index contributed by atoms with van der Waals surface area (Å²) in [4.78, 5) is 0. The monoisotopic (exact) mass is 356 g/mol. The molecular weight excluding hydrogens is 324 g/mol. The molecule has 0 fully saturated rings. The van der Waals surface area contributed by atoms with Crippen molar-refractivity contribution in [2.75, 3.05) is 42.7 Å². The minimum Gasteiger partial charge on any atom is -0.377 e. The second-order valence-corrected chi connectivity index (χ2v) is 18.8. The molecule has 0 aliphatic carbocycles. The van der Waals surface area contributed by atoms with Crippen LogP contribution in [0.1, 0.15) is 13.8 Å². The van der Waals surface area contributed by atoms with Gasteiger partial charge in [0.05, 0.1) is 8.07 Å². The van der Waals surface area contributed by atoms with Crippen LogP contribution in [0.25, 0.3) is 0 Å². The molecule has 0 spiro atoms. The largest absolute Gasteiger partial charge is 0.500 e. The lowest BCUT2D eigenvalue weighted by atomic mass is 10.9. The molecule has 6 nitrogen and oxygen atoms in total. The fourth-order valence-corrected chi connectivity index (χ4v) is 18.1. The molecule has 2 atom stereocenters. The third-order valence-electron chi connectivity index (χ3n) is 5.00. The number of rotatable bonds is 10. The summed E-state index contributed by atoms with van der Waals surface area (Å²) in [5.74, 6) is 0. The standard InChI is InChI=1S/C12H32O6Si3/c1-11(20(13-3,14-4)15-5)19(9,10)12(2)21(16-6,17-7)18-8/h11-12H,1-10H3. The van der Waals surface area contributed by atoms with Crippen molar-refractivity contribution in [2.24, 2.45) is 0 Å². The van der Waals surface area contributed by atoms with E-state index in [0.717, 1.165) is 0 Å². The van der Waals surface area contributed by atoms with Crippen molar-refractivity contribution in [3.8, 4) is 0 Å². The van der Waals surface area contributed by atoms with Crippen LogP contribution >= 0.6 is 0 Å². The van der Waals surface area contributed by atoms with Crippen molar-refractivity contribution in [2.45, 2.75) is 37.3 Å². The van der Waals surface area contributed by atoms with Crippen molar-refractivity contribution in [3.05, 3.63) is 0 Å². The van der Waals surface area contributed by atoms with Gasteiger partial charge in [0, 0.05) is 53.0 Å². The van der Waals surface area contributed by atoms with E-state index in [1.807, 2.05) is 0 Å². The van der Waals surface area contributed by atoms with E-state index in [4.69, 9.17) is 26.6 Å². The molecule has 0 aromatic rings. The lowest BCUT2D eigenvalue weighted by molar-refractivity contribution is 0.116. The first-order valence-electron chi connectivity index (χ1n) is 6.98. The molecule has 0 aliphatic heterocycles. The molecule has 0 aromatic carbocycles. The molecule has 21 heavy (non-hydrogen) atoms. The van der Waals surface area contributed by atoms with Crippen LogP contribution in [-0.2, 0) is 26.6 Å². The number of hydrogen-bond donors (Lipinski definition) is 0. The van der Waals surface area contributed by atoms with Gasteiger partial charge in [0.25, 0.3) is 0 Å². The van der Waals surface area contributed by atoms with E-state index in [1.54, 1.807) is 42.7 Å². The maximum Gasteiger partial charge on any atom is 0.500 e. The zero-order chi connectivity index (χ0) is 16.9. The first kappa shape index (κ1) is 21.4. The molecule has 0 heterocycles. The van der Waals surface area contributed by atoms with Gasteiger partial charge >= 0.3 is 17.6 Å². The third kappa shape index (κ3) is 3.85. The summed E-state index contributed by atoms with van der Waals surface area (Å²) in [5, 5.41) is 0.347. The van der Waals surface area contributed by atoms with Gasteiger partial charge in [-0.15, -0.1) is 0 Å². The second-order valence-electron chi connectivity index (χ2n) is 5.70. The molecule has 0 rings (SSSR count). The molecular formula is C12H32O6Si3. The summed E-state index contributed by atoms with van der Waals surface area (Å²) in [5.41, 5.74) is 0. The normalized spacial score (nSPS) is 16.9. The Morgan fingerprint density at radius 1 is 0.524 bits per heavy atom. The average molecular weight is 357 g/mol. The summed E-state index contributed by atoms with van der Waals surface area (Å²) < 4.78 is 34.0. The first-order valence-corrected chi connectivity index (χ1v) is 13.7. The molecule has 2 unspecified atom stereocenters. The van der Waals surface area contributed by atoms with Gasteiger partial charge in [-0.3, -0.25) is 0 Å². The highest BCUT2D eigenvalue weighted by molar-refractivity contribution is 6.99. The Hall–Kier alpha value is 0.411. The second kappa shape index (κ2) is 8.32. The lowest BCUT2D eigenvalue weighted by Crippen LogP contribution is -2.62. The van der Waals surface area contributed by atoms with E-state index in [-0.39, 0.29) is 10.3 Å². The van der Waals surface area contributed by atoms with E-state index >= 15 is 0 Å². The van der Waals surface area contributed by atoms with Gasteiger partial charge in [-0.2, -0.15) is 0 Å². The predicted molar refractivity (Wildman–Crippen MR) is 89.9 cm³/mol. The highest BCUT2D eigenvalue weighted by Gasteiger charge is 2.61. The smallest absolute Gasteiger partial charge is 0.377 e. The Balaban J connectivity index is 5.63. The number of hydrogen-bond acceptors (Lipinski definition) is 6. The molecule has 128 valence electrons. The Bertz CT molecular complexity index is 263. The Morgan fingerprint density at radius 2 is 0.714 bits per heavy atom. The molecule has 0 saturated carbocycles. The van der Waals surface area contributed by atoms with Gasteiger partial charge in [-0.25, -0.2) is 0 Å². The van der Waals surface area contributed by atoms with Crippen LogP contribution in [0.4, 0.5) is 0 Å². The highest BCUT2D eigenvalue weighted by Crippen LogP contribution is 2.44. The topological polar surface area (TPSA) is 55.4 Å². The van der Waals surface area contributed by atoms with E-state index in [0.29, 0.717) is 0 Å². The molecule has 0 saturated heterocycles. The zero-order valence-corrected chi connectivity index (χ0v) is 18.1. The van der Waals surface area contributed by atoms with Crippen molar-refractivity contribution >= 4 is 25.7 Å². The van der Waals surface area contributed by atoms with Crippen LogP contribution < -0.4 is 0 Å². The van der Waals surface area contributed by atoms with Crippen LogP contribution in [-0.4, -0.2) is 68.3 Å². The molecule has 0 radical (unpaired) electrons. The zero-order valence-electron chi connectivity index (χ0n) is 15.1. The summed E-state index contributed by atoms with van der Waals surface area (Å²) in [7, 11) is 2.54. The van der Waals surface area contributed by atoms with Crippen LogP contribution in [0.5, 0.6) is 0 Å². The van der Waals surface area contributed by atoms with E-state index < -0.39 is 25.7 Å². The van der Waals surface area contributed by atoms with Crippen LogP contribution in [0.2, 0.25) is 23.4 Å². The van der Waals surface area contributed by atoms with Gasteiger partial charge in [0.15, 0.2) is 0 Å². The van der Waals surface area contributed by atoms with Gasteiger partial charge < -0.3 is 26.6 Å². The quantitative estimate of drug-likeness (QED) is 0.560. The van der Waals surface area contributed by atoms with E-state index in [2.05, 4.69) is 26.9 Å². The van der Waals surface area contributed by atoms with Crippen molar-refractivity contribution < 1.29 is 26.6 Å². The van der Waals surface area contributed by atoms with E-state index in [1.165, 1.54) is 0 Å². The minimum atomic E-state index is -2.72. The van der Waals surface area contributed by atoms with Gasteiger partial charge in [-0.1, -0.05) is 26.9 Å². The first-order chi connectivity index (χ1) is 9.67. The summed E-state index contributed by atoms with van der Waals surface area (Å²) in [6.45, 7) is 8.84. The van der Waals surface area contributed by atoms with Gasteiger partial charge in [0.1, 0.15) is 0 Å². The molecule has 9 heteroatoms. The van der Waals surface area contributed by atoms with Crippen molar-refractivity contribution in [1.29, 1.82) is 0 Å². The van der Waals surface area contributed by atoms with Gasteiger partial charge in [0.2, 0.25) is 0 Å². The molecule has 0 N–H and O–H groups in total. The summed E-state index contributed by atoms with van der Waals surface area (Å²) in [6, 6.07) is 0. The Kier molecular flexibility index (Phi) is 8.48. The SMILES string of the molecule is CO[Si](OC)(OC)C(C)[Si](C)(C)C(C)[Si](OC)(OC)OC. The van der Waals surface area contributed by atoms with Crippen molar-refractivity contribution in [3.63, 3.8) is 0 Å². The summed E-state index contributed by atoms with van der Waals surface area (Å²) in [6.07, 6.45) is 0.